The van der Waals surface area contributed by atoms with Crippen LogP contribution in [0.2, 0.25) is 0 Å². The van der Waals surface area contributed by atoms with Crippen LogP contribution in [0.3, 0.4) is 0 Å². The summed E-state index contributed by atoms with van der Waals surface area (Å²) in [7, 11) is 5.43. The van der Waals surface area contributed by atoms with E-state index in [0.29, 0.717) is 11.3 Å². The Hall–Kier alpha value is -1.53. The number of thioether (sulfide) groups is 1. The van der Waals surface area contributed by atoms with Gasteiger partial charge in [-0.05, 0) is 44.8 Å². The molecule has 0 spiro atoms. The van der Waals surface area contributed by atoms with Crippen molar-refractivity contribution >= 4 is 23.6 Å². The lowest BCUT2D eigenvalue weighted by Gasteiger charge is -2.25. The number of rotatable bonds is 6. The summed E-state index contributed by atoms with van der Waals surface area (Å²) in [6.45, 7) is 1.72. The standard InChI is InChI=1S/C16H22N2O3S/c1-17(2)9-4-10-18-14(19)11-22-15(18)12-5-7-13(8-6-12)16(20)21-3/h5-8,15H,4,9-11H2,1-3H3. The van der Waals surface area contributed by atoms with Gasteiger partial charge < -0.3 is 14.5 Å². The molecule has 6 heteroatoms. The Morgan fingerprint density at radius 1 is 1.36 bits per heavy atom. The van der Waals surface area contributed by atoms with E-state index in [-0.39, 0.29) is 17.3 Å². The molecule has 1 aliphatic heterocycles. The van der Waals surface area contributed by atoms with Crippen molar-refractivity contribution in [3.63, 3.8) is 0 Å². The minimum Gasteiger partial charge on any atom is -0.465 e. The molecule has 0 bridgehead atoms. The van der Waals surface area contributed by atoms with Crippen LogP contribution in [0.5, 0.6) is 0 Å². The van der Waals surface area contributed by atoms with Gasteiger partial charge in [-0.2, -0.15) is 0 Å². The van der Waals surface area contributed by atoms with Gasteiger partial charge in [-0.15, -0.1) is 11.8 Å². The zero-order valence-electron chi connectivity index (χ0n) is 13.2. The number of methoxy groups -OCH3 is 1. The summed E-state index contributed by atoms with van der Waals surface area (Å²) in [5.74, 6) is 0.362. The summed E-state index contributed by atoms with van der Waals surface area (Å²) in [5, 5.41) is 0.0429. The Morgan fingerprint density at radius 2 is 2.05 bits per heavy atom. The molecule has 5 nitrogen and oxygen atoms in total. The Balaban J connectivity index is 2.05. The summed E-state index contributed by atoms with van der Waals surface area (Å²) in [4.78, 5) is 27.6. The lowest BCUT2D eigenvalue weighted by molar-refractivity contribution is -0.128. The molecule has 1 atom stereocenters. The number of nitrogens with zero attached hydrogens (tertiary/aromatic N) is 2. The largest absolute Gasteiger partial charge is 0.465 e. The van der Waals surface area contributed by atoms with E-state index in [2.05, 4.69) is 4.90 Å². The van der Waals surface area contributed by atoms with Crippen LogP contribution in [0.4, 0.5) is 0 Å². The monoisotopic (exact) mass is 322 g/mol. The van der Waals surface area contributed by atoms with Gasteiger partial charge in [0.2, 0.25) is 5.91 Å². The summed E-state index contributed by atoms with van der Waals surface area (Å²) in [5.41, 5.74) is 1.58. The van der Waals surface area contributed by atoms with Crippen molar-refractivity contribution in [2.45, 2.75) is 11.8 Å². The summed E-state index contributed by atoms with van der Waals surface area (Å²) in [6.07, 6.45) is 0.954. The third-order valence-corrected chi connectivity index (χ3v) is 4.85. The first-order valence-corrected chi connectivity index (χ1v) is 8.32. The number of hydrogen-bond donors (Lipinski definition) is 0. The fourth-order valence-electron chi connectivity index (χ4n) is 2.43. The van der Waals surface area contributed by atoms with Crippen molar-refractivity contribution < 1.29 is 14.3 Å². The lowest BCUT2D eigenvalue weighted by Crippen LogP contribution is -2.31. The summed E-state index contributed by atoms with van der Waals surface area (Å²) in [6, 6.07) is 7.31. The number of ether oxygens (including phenoxy) is 1. The molecule has 1 fully saturated rings. The summed E-state index contributed by atoms with van der Waals surface area (Å²) >= 11 is 1.64. The van der Waals surface area contributed by atoms with Crippen molar-refractivity contribution in [1.82, 2.24) is 9.80 Å². The van der Waals surface area contributed by atoms with Crippen LogP contribution in [0, 0.1) is 0 Å². The molecule has 1 unspecified atom stereocenters. The Kier molecular flexibility index (Phi) is 5.85. The predicted molar refractivity (Wildman–Crippen MR) is 87.9 cm³/mol. The maximum atomic E-state index is 12.1. The first kappa shape index (κ1) is 16.8. The molecule has 0 radical (unpaired) electrons. The first-order valence-electron chi connectivity index (χ1n) is 7.27. The smallest absolute Gasteiger partial charge is 0.337 e. The van der Waals surface area contributed by atoms with Gasteiger partial charge in [0.25, 0.3) is 0 Å². The Bertz CT molecular complexity index is 531. The topological polar surface area (TPSA) is 49.9 Å². The van der Waals surface area contributed by atoms with Crippen molar-refractivity contribution in [3.05, 3.63) is 35.4 Å². The molecule has 1 aromatic rings. The highest BCUT2D eigenvalue weighted by atomic mass is 32.2. The van der Waals surface area contributed by atoms with Crippen molar-refractivity contribution in [1.29, 1.82) is 0 Å². The lowest BCUT2D eigenvalue weighted by atomic mass is 10.1. The molecule has 0 saturated carbocycles. The van der Waals surface area contributed by atoms with Gasteiger partial charge in [0, 0.05) is 6.54 Å². The van der Waals surface area contributed by atoms with Gasteiger partial charge in [-0.25, -0.2) is 4.79 Å². The van der Waals surface area contributed by atoms with Crippen LogP contribution in [-0.4, -0.2) is 61.7 Å². The van der Waals surface area contributed by atoms with Gasteiger partial charge in [-0.3, -0.25) is 4.79 Å². The molecule has 22 heavy (non-hydrogen) atoms. The third-order valence-electron chi connectivity index (χ3n) is 3.59. The normalized spacial score (nSPS) is 18.1. The van der Waals surface area contributed by atoms with E-state index in [1.807, 2.05) is 31.1 Å². The van der Waals surface area contributed by atoms with Crippen molar-refractivity contribution in [3.8, 4) is 0 Å². The molecular weight excluding hydrogens is 300 g/mol. The SMILES string of the molecule is COC(=O)c1ccc(C2SCC(=O)N2CCCN(C)C)cc1. The molecule has 1 aromatic carbocycles. The highest BCUT2D eigenvalue weighted by Crippen LogP contribution is 2.38. The molecule has 120 valence electrons. The molecule has 0 N–H and O–H groups in total. The maximum Gasteiger partial charge on any atom is 0.337 e. The van der Waals surface area contributed by atoms with Gasteiger partial charge in [-0.1, -0.05) is 12.1 Å². The molecular formula is C16H22N2O3S. The molecule has 1 aliphatic rings. The van der Waals surface area contributed by atoms with E-state index < -0.39 is 0 Å². The van der Waals surface area contributed by atoms with E-state index in [4.69, 9.17) is 4.74 Å². The zero-order valence-corrected chi connectivity index (χ0v) is 14.1. The molecule has 2 rings (SSSR count). The van der Waals surface area contributed by atoms with Gasteiger partial charge in [0.1, 0.15) is 5.37 Å². The van der Waals surface area contributed by atoms with Crippen LogP contribution >= 0.6 is 11.8 Å². The van der Waals surface area contributed by atoms with E-state index in [1.165, 1.54) is 7.11 Å². The Morgan fingerprint density at radius 3 is 2.64 bits per heavy atom. The Labute approximate surface area is 135 Å². The minimum atomic E-state index is -0.343. The molecule has 1 heterocycles. The number of hydrogen-bond acceptors (Lipinski definition) is 5. The zero-order chi connectivity index (χ0) is 16.1. The van der Waals surface area contributed by atoms with Crippen LogP contribution < -0.4 is 0 Å². The van der Waals surface area contributed by atoms with Gasteiger partial charge in [0.15, 0.2) is 0 Å². The second kappa shape index (κ2) is 7.65. The number of esters is 1. The fourth-order valence-corrected chi connectivity index (χ4v) is 3.65. The van der Waals surface area contributed by atoms with Crippen molar-refractivity contribution in [2.24, 2.45) is 0 Å². The minimum absolute atomic E-state index is 0.0429. The average molecular weight is 322 g/mol. The fraction of sp³-hybridized carbons (Fsp3) is 0.500. The van der Waals surface area contributed by atoms with E-state index in [0.717, 1.165) is 25.1 Å². The van der Waals surface area contributed by atoms with Crippen LogP contribution in [0.25, 0.3) is 0 Å². The van der Waals surface area contributed by atoms with E-state index in [9.17, 15) is 9.59 Å². The van der Waals surface area contributed by atoms with Crippen molar-refractivity contribution in [2.75, 3.05) is 40.0 Å². The molecule has 0 aliphatic carbocycles. The second-order valence-electron chi connectivity index (χ2n) is 5.52. The number of carbonyl (C=O) groups is 2. The van der Waals surface area contributed by atoms with E-state index in [1.54, 1.807) is 23.9 Å². The first-order chi connectivity index (χ1) is 10.5. The van der Waals surface area contributed by atoms with Crippen LogP contribution in [-0.2, 0) is 9.53 Å². The molecule has 1 amide bonds. The molecule has 0 aromatic heterocycles. The average Bonchev–Trinajstić information content (AvgIpc) is 2.87. The van der Waals surface area contributed by atoms with Gasteiger partial charge >= 0.3 is 5.97 Å². The number of amides is 1. The van der Waals surface area contributed by atoms with Crippen LogP contribution in [0.1, 0.15) is 27.7 Å². The highest BCUT2D eigenvalue weighted by molar-refractivity contribution is 8.00. The quantitative estimate of drug-likeness (QED) is 0.750. The second-order valence-corrected chi connectivity index (χ2v) is 6.59. The highest BCUT2D eigenvalue weighted by Gasteiger charge is 2.32. The maximum absolute atomic E-state index is 12.1. The number of benzene rings is 1. The molecule has 1 saturated heterocycles. The van der Waals surface area contributed by atoms with Crippen LogP contribution in [0.15, 0.2) is 24.3 Å². The predicted octanol–water partition coefficient (Wildman–Crippen LogP) is 2.00. The summed E-state index contributed by atoms with van der Waals surface area (Å²) < 4.78 is 4.70. The van der Waals surface area contributed by atoms with E-state index >= 15 is 0 Å². The third kappa shape index (κ3) is 4.01. The number of carbonyl (C=O) groups excluding carboxylic acids is 2. The van der Waals surface area contributed by atoms with Gasteiger partial charge in [0.05, 0.1) is 18.4 Å².